The zero-order valence-corrected chi connectivity index (χ0v) is 17.5. The van der Waals surface area contributed by atoms with Crippen LogP contribution in [-0.2, 0) is 0 Å². The minimum absolute atomic E-state index is 0.606. The minimum atomic E-state index is 0.606. The van der Waals surface area contributed by atoms with Crippen molar-refractivity contribution in [2.75, 3.05) is 0 Å². The van der Waals surface area contributed by atoms with Crippen molar-refractivity contribution in [1.29, 1.82) is 5.26 Å². The summed E-state index contributed by atoms with van der Waals surface area (Å²) in [6.07, 6.45) is 0. The van der Waals surface area contributed by atoms with E-state index in [0.717, 1.165) is 39.1 Å². The number of nitrogens with zero attached hydrogens (tertiary/aromatic N) is 3. The van der Waals surface area contributed by atoms with E-state index >= 15 is 0 Å². The van der Waals surface area contributed by atoms with Gasteiger partial charge in [-0.25, -0.2) is 9.97 Å². The van der Waals surface area contributed by atoms with Crippen molar-refractivity contribution < 1.29 is 0 Å². The van der Waals surface area contributed by atoms with Gasteiger partial charge in [0.1, 0.15) is 0 Å². The van der Waals surface area contributed by atoms with E-state index in [1.54, 1.807) is 0 Å². The highest BCUT2D eigenvalue weighted by Crippen LogP contribution is 2.34. The number of hydrogen-bond donors (Lipinski definition) is 0. The number of nitriles is 1. The summed E-state index contributed by atoms with van der Waals surface area (Å²) in [4.78, 5) is 10.1. The van der Waals surface area contributed by atoms with Crippen molar-refractivity contribution in [1.82, 2.24) is 9.97 Å². The lowest BCUT2D eigenvalue weighted by Crippen LogP contribution is -1.99. The van der Waals surface area contributed by atoms with Crippen molar-refractivity contribution in [3.05, 3.63) is 81.9 Å². The maximum atomic E-state index is 9.38. The van der Waals surface area contributed by atoms with Crippen LogP contribution >= 0.6 is 0 Å². The quantitative estimate of drug-likeness (QED) is 0.407. The van der Waals surface area contributed by atoms with Crippen LogP contribution in [0.3, 0.4) is 0 Å². The Hall–Kier alpha value is -3.51. The smallest absolute Gasteiger partial charge is 0.0992 e. The molecule has 0 saturated heterocycles. The van der Waals surface area contributed by atoms with Gasteiger partial charge in [-0.2, -0.15) is 5.26 Å². The molecule has 0 atom stereocenters. The normalized spacial score (nSPS) is 10.9. The molecule has 0 aliphatic carbocycles. The summed E-state index contributed by atoms with van der Waals surface area (Å²) < 4.78 is 0. The molecule has 1 heterocycles. The summed E-state index contributed by atoms with van der Waals surface area (Å²) in [5.74, 6) is 0. The zero-order valence-electron chi connectivity index (χ0n) is 17.5. The standard InChI is InChI=1S/C26H23N3/c1-15-6-16(2)9-21(8-15)25-26(22-10-17(3)7-18(4)11-22)29-24-19(5)12-20(14-27)13-23(24)28-25/h6-13H,1-5H3. The summed E-state index contributed by atoms with van der Waals surface area (Å²) in [6.45, 7) is 10.4. The van der Waals surface area contributed by atoms with Crippen LogP contribution in [0.15, 0.2) is 48.5 Å². The molecule has 0 N–H and O–H groups in total. The first kappa shape index (κ1) is 18.8. The lowest BCUT2D eigenvalue weighted by Gasteiger charge is -2.14. The molecule has 1 aromatic heterocycles. The molecule has 4 rings (SSSR count). The van der Waals surface area contributed by atoms with E-state index in [9.17, 15) is 5.26 Å². The summed E-state index contributed by atoms with van der Waals surface area (Å²) in [6, 6.07) is 18.9. The Balaban J connectivity index is 2.11. The average molecular weight is 377 g/mol. The van der Waals surface area contributed by atoms with Crippen LogP contribution in [0.2, 0.25) is 0 Å². The third-order valence-corrected chi connectivity index (χ3v) is 5.08. The molecule has 142 valence electrons. The summed E-state index contributed by atoms with van der Waals surface area (Å²) in [7, 11) is 0. The maximum absolute atomic E-state index is 9.38. The highest BCUT2D eigenvalue weighted by Gasteiger charge is 2.16. The Morgan fingerprint density at radius 1 is 0.621 bits per heavy atom. The highest BCUT2D eigenvalue weighted by molar-refractivity contribution is 5.88. The van der Waals surface area contributed by atoms with Gasteiger partial charge in [0, 0.05) is 11.1 Å². The SMILES string of the molecule is Cc1cc(C)cc(-c2nc3cc(C#N)cc(C)c3nc2-c2cc(C)cc(C)c2)c1. The van der Waals surface area contributed by atoms with E-state index in [4.69, 9.17) is 9.97 Å². The van der Waals surface area contributed by atoms with Gasteiger partial charge in [0.15, 0.2) is 0 Å². The second kappa shape index (κ2) is 7.14. The van der Waals surface area contributed by atoms with E-state index in [1.807, 2.05) is 19.1 Å². The second-order valence-corrected chi connectivity index (χ2v) is 7.95. The lowest BCUT2D eigenvalue weighted by molar-refractivity contribution is 1.25. The fourth-order valence-corrected chi connectivity index (χ4v) is 4.02. The van der Waals surface area contributed by atoms with Gasteiger partial charge in [-0.15, -0.1) is 0 Å². The van der Waals surface area contributed by atoms with Crippen molar-refractivity contribution in [3.63, 3.8) is 0 Å². The largest absolute Gasteiger partial charge is 0.244 e. The van der Waals surface area contributed by atoms with Crippen LogP contribution in [-0.4, -0.2) is 9.97 Å². The monoisotopic (exact) mass is 377 g/mol. The number of aryl methyl sites for hydroxylation is 5. The third kappa shape index (κ3) is 3.62. The van der Waals surface area contributed by atoms with Gasteiger partial charge in [0.25, 0.3) is 0 Å². The van der Waals surface area contributed by atoms with Crippen molar-refractivity contribution in [2.45, 2.75) is 34.6 Å². The first-order valence-corrected chi connectivity index (χ1v) is 9.74. The van der Waals surface area contributed by atoms with Crippen LogP contribution in [0.4, 0.5) is 0 Å². The minimum Gasteiger partial charge on any atom is -0.244 e. The van der Waals surface area contributed by atoms with Gasteiger partial charge in [-0.3, -0.25) is 0 Å². The second-order valence-electron chi connectivity index (χ2n) is 7.95. The van der Waals surface area contributed by atoms with Crippen LogP contribution in [0.1, 0.15) is 33.4 Å². The molecule has 0 amide bonds. The first-order chi connectivity index (χ1) is 13.8. The van der Waals surface area contributed by atoms with E-state index < -0.39 is 0 Å². The van der Waals surface area contributed by atoms with Crippen molar-refractivity contribution in [2.24, 2.45) is 0 Å². The molecule has 0 saturated carbocycles. The van der Waals surface area contributed by atoms with Crippen molar-refractivity contribution >= 4 is 11.0 Å². The predicted molar refractivity (Wildman–Crippen MR) is 119 cm³/mol. The number of fused-ring (bicyclic) bond motifs is 1. The maximum Gasteiger partial charge on any atom is 0.0992 e. The van der Waals surface area contributed by atoms with Crippen LogP contribution in [0, 0.1) is 45.9 Å². The number of hydrogen-bond acceptors (Lipinski definition) is 3. The lowest BCUT2D eigenvalue weighted by atomic mass is 9.97. The molecule has 29 heavy (non-hydrogen) atoms. The number of aromatic nitrogens is 2. The Morgan fingerprint density at radius 2 is 1.10 bits per heavy atom. The van der Waals surface area contributed by atoms with E-state index in [1.165, 1.54) is 22.3 Å². The van der Waals surface area contributed by atoms with Crippen molar-refractivity contribution in [3.8, 4) is 28.6 Å². The summed E-state index contributed by atoms with van der Waals surface area (Å²) in [5, 5.41) is 9.38. The van der Waals surface area contributed by atoms with E-state index in [-0.39, 0.29) is 0 Å². The molecular formula is C26H23N3. The molecule has 0 fully saturated rings. The molecular weight excluding hydrogens is 354 g/mol. The number of rotatable bonds is 2. The third-order valence-electron chi connectivity index (χ3n) is 5.08. The Labute approximate surface area is 171 Å². The average Bonchev–Trinajstić information content (AvgIpc) is 2.65. The fourth-order valence-electron chi connectivity index (χ4n) is 4.02. The van der Waals surface area contributed by atoms with Gasteiger partial charge < -0.3 is 0 Å². The van der Waals surface area contributed by atoms with Gasteiger partial charge in [0.05, 0.1) is 34.1 Å². The molecule has 4 aromatic rings. The van der Waals surface area contributed by atoms with E-state index in [2.05, 4.69) is 70.2 Å². The molecule has 0 aliphatic rings. The zero-order chi connectivity index (χ0) is 20.7. The first-order valence-electron chi connectivity index (χ1n) is 9.74. The van der Waals surface area contributed by atoms with Gasteiger partial charge >= 0.3 is 0 Å². The molecule has 3 heteroatoms. The summed E-state index contributed by atoms with van der Waals surface area (Å²) in [5.41, 5.74) is 11.8. The van der Waals surface area contributed by atoms with Crippen LogP contribution in [0.5, 0.6) is 0 Å². The number of benzene rings is 3. The fraction of sp³-hybridized carbons (Fsp3) is 0.192. The Bertz CT molecular complexity index is 1270. The van der Waals surface area contributed by atoms with Gasteiger partial charge in [-0.1, -0.05) is 34.4 Å². The summed E-state index contributed by atoms with van der Waals surface area (Å²) >= 11 is 0. The Kier molecular flexibility index (Phi) is 4.64. The molecule has 0 spiro atoms. The highest BCUT2D eigenvalue weighted by atomic mass is 14.8. The molecule has 0 unspecified atom stereocenters. The van der Waals surface area contributed by atoms with Crippen LogP contribution in [0.25, 0.3) is 33.5 Å². The molecule has 3 aromatic carbocycles. The molecule has 0 bridgehead atoms. The molecule has 0 aliphatic heterocycles. The van der Waals surface area contributed by atoms with Gasteiger partial charge in [-0.05, 0) is 76.6 Å². The predicted octanol–water partition coefficient (Wildman–Crippen LogP) is 6.38. The Morgan fingerprint density at radius 3 is 1.59 bits per heavy atom. The topological polar surface area (TPSA) is 49.6 Å². The van der Waals surface area contributed by atoms with Crippen LogP contribution < -0.4 is 0 Å². The van der Waals surface area contributed by atoms with E-state index in [0.29, 0.717) is 5.56 Å². The molecule has 3 nitrogen and oxygen atoms in total. The molecule has 0 radical (unpaired) electrons. The van der Waals surface area contributed by atoms with Gasteiger partial charge in [0.2, 0.25) is 0 Å².